The van der Waals surface area contributed by atoms with Crippen molar-refractivity contribution < 1.29 is 9.47 Å². The van der Waals surface area contributed by atoms with Crippen molar-refractivity contribution in [1.82, 2.24) is 5.32 Å². The molecule has 0 aliphatic carbocycles. The number of hydrogen-bond donors (Lipinski definition) is 1. The molecule has 0 amide bonds. The Morgan fingerprint density at radius 3 is 2.64 bits per heavy atom. The highest BCUT2D eigenvalue weighted by Gasteiger charge is 2.36. The zero-order valence-electron chi connectivity index (χ0n) is 13.9. The first kappa shape index (κ1) is 19.3. The molecule has 1 N–H and O–H groups in total. The molecule has 1 aliphatic heterocycles. The molecule has 1 aromatic heterocycles. The molecule has 0 radical (unpaired) electrons. The van der Waals surface area contributed by atoms with Crippen molar-refractivity contribution in [3.8, 4) is 5.75 Å². The van der Waals surface area contributed by atoms with Crippen molar-refractivity contribution in [1.29, 1.82) is 0 Å². The molecule has 0 atom stereocenters. The molecule has 25 heavy (non-hydrogen) atoms. The second-order valence-electron chi connectivity index (χ2n) is 6.19. The van der Waals surface area contributed by atoms with Gasteiger partial charge in [0.2, 0.25) is 0 Å². The third kappa shape index (κ3) is 4.26. The van der Waals surface area contributed by atoms with Gasteiger partial charge in [-0.1, -0.05) is 34.8 Å². The van der Waals surface area contributed by atoms with Crippen LogP contribution < -0.4 is 10.1 Å². The Labute approximate surface area is 167 Å². The topological polar surface area (TPSA) is 30.5 Å². The summed E-state index contributed by atoms with van der Waals surface area (Å²) in [6, 6.07) is 5.81. The summed E-state index contributed by atoms with van der Waals surface area (Å²) in [6.07, 6.45) is 1.82. The summed E-state index contributed by atoms with van der Waals surface area (Å²) in [5.41, 5.74) is 2.07. The van der Waals surface area contributed by atoms with Gasteiger partial charge in [-0.05, 0) is 42.0 Å². The minimum absolute atomic E-state index is 0.0826. The summed E-state index contributed by atoms with van der Waals surface area (Å²) < 4.78 is 11.8. The van der Waals surface area contributed by atoms with Gasteiger partial charge < -0.3 is 14.8 Å². The Hall–Kier alpha value is -0.490. The minimum Gasteiger partial charge on any atom is -0.496 e. The van der Waals surface area contributed by atoms with E-state index in [1.165, 1.54) is 11.3 Å². The van der Waals surface area contributed by atoms with Crippen LogP contribution in [-0.4, -0.2) is 26.9 Å². The van der Waals surface area contributed by atoms with Crippen LogP contribution in [0.15, 0.2) is 23.6 Å². The van der Waals surface area contributed by atoms with E-state index in [1.54, 1.807) is 7.11 Å². The third-order valence-electron chi connectivity index (χ3n) is 4.72. The van der Waals surface area contributed by atoms with Crippen LogP contribution in [0.3, 0.4) is 0 Å². The van der Waals surface area contributed by atoms with Crippen LogP contribution in [0.25, 0.3) is 0 Å². The SMILES string of the molecule is COc1ccc(Cl)cc1C1(CNCc2csc(Cl)c2Cl)CCOCC1. The second-order valence-corrected chi connectivity index (χ2v) is 8.49. The van der Waals surface area contributed by atoms with Crippen LogP contribution in [-0.2, 0) is 16.7 Å². The molecule has 1 saturated heterocycles. The Morgan fingerprint density at radius 2 is 2.00 bits per heavy atom. The lowest BCUT2D eigenvalue weighted by Crippen LogP contribution is -2.43. The lowest BCUT2D eigenvalue weighted by Gasteiger charge is -2.39. The van der Waals surface area contributed by atoms with E-state index in [1.807, 2.05) is 23.6 Å². The number of thiophene rings is 1. The molecule has 1 aromatic carbocycles. The minimum atomic E-state index is -0.0826. The maximum atomic E-state index is 6.27. The van der Waals surface area contributed by atoms with Crippen LogP contribution in [0.5, 0.6) is 5.75 Å². The highest BCUT2D eigenvalue weighted by atomic mass is 35.5. The number of ether oxygens (including phenoxy) is 2. The zero-order chi connectivity index (χ0) is 17.9. The Balaban J connectivity index is 1.82. The zero-order valence-corrected chi connectivity index (χ0v) is 17.0. The third-order valence-corrected chi connectivity index (χ3v) is 6.87. The molecule has 1 aliphatic rings. The van der Waals surface area contributed by atoms with Gasteiger partial charge in [0.25, 0.3) is 0 Å². The van der Waals surface area contributed by atoms with Gasteiger partial charge in [0.05, 0.1) is 12.1 Å². The summed E-state index contributed by atoms with van der Waals surface area (Å²) in [5.74, 6) is 0.865. The van der Waals surface area contributed by atoms with Gasteiger partial charge >= 0.3 is 0 Å². The average Bonchev–Trinajstić information content (AvgIpc) is 2.95. The smallest absolute Gasteiger partial charge is 0.122 e. The lowest BCUT2D eigenvalue weighted by atomic mass is 9.73. The number of hydrogen-bond acceptors (Lipinski definition) is 4. The molecular formula is C18H20Cl3NO2S. The van der Waals surface area contributed by atoms with E-state index in [0.29, 0.717) is 20.9 Å². The van der Waals surface area contributed by atoms with E-state index in [-0.39, 0.29) is 5.41 Å². The van der Waals surface area contributed by atoms with E-state index in [4.69, 9.17) is 44.3 Å². The largest absolute Gasteiger partial charge is 0.496 e. The number of rotatable bonds is 6. The van der Waals surface area contributed by atoms with Crippen LogP contribution in [0.2, 0.25) is 14.4 Å². The van der Waals surface area contributed by atoms with Gasteiger partial charge in [-0.25, -0.2) is 0 Å². The van der Waals surface area contributed by atoms with Gasteiger partial charge in [-0.3, -0.25) is 0 Å². The van der Waals surface area contributed by atoms with Gasteiger partial charge in [-0.15, -0.1) is 11.3 Å². The molecule has 136 valence electrons. The Bertz CT molecular complexity index is 729. The predicted molar refractivity (Wildman–Crippen MR) is 106 cm³/mol. The maximum Gasteiger partial charge on any atom is 0.122 e. The van der Waals surface area contributed by atoms with Gasteiger partial charge in [0.15, 0.2) is 0 Å². The van der Waals surface area contributed by atoms with Crippen molar-refractivity contribution in [2.24, 2.45) is 0 Å². The van der Waals surface area contributed by atoms with E-state index >= 15 is 0 Å². The van der Waals surface area contributed by atoms with Gasteiger partial charge in [0.1, 0.15) is 10.1 Å². The quantitative estimate of drug-likeness (QED) is 0.664. The van der Waals surface area contributed by atoms with Gasteiger partial charge in [-0.2, -0.15) is 0 Å². The van der Waals surface area contributed by atoms with E-state index in [0.717, 1.165) is 49.5 Å². The molecular weight excluding hydrogens is 401 g/mol. The van der Waals surface area contributed by atoms with Crippen molar-refractivity contribution >= 4 is 46.1 Å². The Morgan fingerprint density at radius 1 is 1.24 bits per heavy atom. The molecule has 3 nitrogen and oxygen atoms in total. The summed E-state index contributed by atoms with van der Waals surface area (Å²) in [5, 5.41) is 6.90. The molecule has 2 heterocycles. The molecule has 0 unspecified atom stereocenters. The Kier molecular flexibility index (Phi) is 6.53. The highest BCUT2D eigenvalue weighted by Crippen LogP contribution is 2.41. The number of halogens is 3. The molecule has 3 rings (SSSR count). The standard InChI is InChI=1S/C18H20Cl3NO2S/c1-23-15-3-2-13(19)8-14(15)18(4-6-24-7-5-18)11-22-9-12-10-25-17(21)16(12)20/h2-3,8,10,22H,4-7,9,11H2,1H3. The molecule has 0 spiro atoms. The fourth-order valence-corrected chi connectivity index (χ4v) is 4.73. The highest BCUT2D eigenvalue weighted by molar-refractivity contribution is 7.15. The average molecular weight is 421 g/mol. The summed E-state index contributed by atoms with van der Waals surface area (Å²) in [6.45, 7) is 2.91. The van der Waals surface area contributed by atoms with Crippen molar-refractivity contribution in [3.63, 3.8) is 0 Å². The van der Waals surface area contributed by atoms with E-state index in [2.05, 4.69) is 5.32 Å². The van der Waals surface area contributed by atoms with E-state index < -0.39 is 0 Å². The first-order valence-corrected chi connectivity index (χ1v) is 10.1. The molecule has 7 heteroatoms. The van der Waals surface area contributed by atoms with Crippen LogP contribution in [0, 0.1) is 0 Å². The fourth-order valence-electron chi connectivity index (χ4n) is 3.31. The number of nitrogens with one attached hydrogen (secondary N) is 1. The summed E-state index contributed by atoms with van der Waals surface area (Å²) in [7, 11) is 1.69. The van der Waals surface area contributed by atoms with Crippen LogP contribution in [0.1, 0.15) is 24.0 Å². The normalized spacial score (nSPS) is 16.8. The second kappa shape index (κ2) is 8.47. The number of benzene rings is 1. The maximum absolute atomic E-state index is 6.27. The van der Waals surface area contributed by atoms with Gasteiger partial charge in [0, 0.05) is 42.3 Å². The first-order valence-electron chi connectivity index (χ1n) is 8.09. The lowest BCUT2D eigenvalue weighted by molar-refractivity contribution is 0.0489. The van der Waals surface area contributed by atoms with Crippen molar-refractivity contribution in [3.05, 3.63) is 49.1 Å². The first-order chi connectivity index (χ1) is 12.1. The molecule has 2 aromatic rings. The van der Waals surface area contributed by atoms with Crippen molar-refractivity contribution in [2.45, 2.75) is 24.8 Å². The number of methoxy groups -OCH3 is 1. The van der Waals surface area contributed by atoms with E-state index in [9.17, 15) is 0 Å². The van der Waals surface area contributed by atoms with Crippen molar-refractivity contribution in [2.75, 3.05) is 26.9 Å². The van der Waals surface area contributed by atoms with Crippen LogP contribution in [0.4, 0.5) is 0 Å². The van der Waals surface area contributed by atoms with Crippen LogP contribution >= 0.6 is 46.1 Å². The summed E-state index contributed by atoms with van der Waals surface area (Å²) in [4.78, 5) is 0. The summed E-state index contributed by atoms with van der Waals surface area (Å²) >= 11 is 20.0. The predicted octanol–water partition coefficient (Wildman–Crippen LogP) is 5.55. The molecule has 1 fully saturated rings. The fraction of sp³-hybridized carbons (Fsp3) is 0.444. The molecule has 0 saturated carbocycles. The monoisotopic (exact) mass is 419 g/mol. The molecule has 0 bridgehead atoms.